The molecule has 1 N–H and O–H groups in total. The van der Waals surface area contributed by atoms with E-state index < -0.39 is 9.84 Å². The summed E-state index contributed by atoms with van der Waals surface area (Å²) in [7, 11) is -3.51. The largest absolute Gasteiger partial charge is 0.321 e. The number of hydrogen-bond donors (Lipinski definition) is 1. The SMILES string of the molecule is O=C(Nc1ccc(-n2cnc3ccccc32)nc1)c1cccc(CS(=O)(=O)c2ccccc2)c1. The molecule has 0 aliphatic rings. The lowest BCUT2D eigenvalue weighted by Crippen LogP contribution is -2.13. The minimum atomic E-state index is -3.51. The van der Waals surface area contributed by atoms with Crippen LogP contribution >= 0.6 is 0 Å². The number of fused-ring (bicyclic) bond motifs is 1. The number of anilines is 1. The Balaban J connectivity index is 1.31. The molecule has 7 nitrogen and oxygen atoms in total. The summed E-state index contributed by atoms with van der Waals surface area (Å²) in [4.78, 5) is 21.9. The molecule has 5 rings (SSSR count). The number of benzene rings is 3. The van der Waals surface area contributed by atoms with Crippen molar-refractivity contribution in [2.75, 3.05) is 5.32 Å². The first-order valence-corrected chi connectivity index (χ1v) is 12.2. The molecule has 0 radical (unpaired) electrons. The summed E-state index contributed by atoms with van der Waals surface area (Å²) in [5.74, 6) is 0.147. The van der Waals surface area contributed by atoms with Crippen LogP contribution in [-0.2, 0) is 15.6 Å². The van der Waals surface area contributed by atoms with E-state index >= 15 is 0 Å². The van der Waals surface area contributed by atoms with E-state index in [9.17, 15) is 13.2 Å². The quantitative estimate of drug-likeness (QED) is 0.392. The summed E-state index contributed by atoms with van der Waals surface area (Å²) in [5, 5.41) is 2.81. The van der Waals surface area contributed by atoms with Crippen molar-refractivity contribution >= 4 is 32.5 Å². The highest BCUT2D eigenvalue weighted by Gasteiger charge is 2.16. The lowest BCUT2D eigenvalue weighted by atomic mass is 10.1. The summed E-state index contributed by atoms with van der Waals surface area (Å²) >= 11 is 0. The number of imidazole rings is 1. The average molecular weight is 469 g/mol. The number of nitrogens with one attached hydrogen (secondary N) is 1. The Kier molecular flexibility index (Phi) is 5.65. The van der Waals surface area contributed by atoms with E-state index in [2.05, 4.69) is 15.3 Å². The molecule has 8 heteroatoms. The Morgan fingerprint density at radius 2 is 1.65 bits per heavy atom. The summed E-state index contributed by atoms with van der Waals surface area (Å²) in [6.45, 7) is 0. The highest BCUT2D eigenvalue weighted by Crippen LogP contribution is 2.19. The van der Waals surface area contributed by atoms with Crippen molar-refractivity contribution in [3.05, 3.63) is 115 Å². The first-order chi connectivity index (χ1) is 16.5. The molecule has 168 valence electrons. The van der Waals surface area contributed by atoms with E-state index in [1.165, 1.54) is 0 Å². The van der Waals surface area contributed by atoms with E-state index in [1.807, 2.05) is 28.8 Å². The molecule has 0 aliphatic heterocycles. The van der Waals surface area contributed by atoms with E-state index in [4.69, 9.17) is 0 Å². The van der Waals surface area contributed by atoms with Gasteiger partial charge in [0.15, 0.2) is 9.84 Å². The molecule has 0 aliphatic carbocycles. The minimum absolute atomic E-state index is 0.187. The lowest BCUT2D eigenvalue weighted by molar-refractivity contribution is 0.102. The fourth-order valence-electron chi connectivity index (χ4n) is 3.68. The molecule has 0 bridgehead atoms. The Morgan fingerprint density at radius 3 is 2.44 bits per heavy atom. The Bertz CT molecular complexity index is 1580. The van der Waals surface area contributed by atoms with Gasteiger partial charge >= 0.3 is 0 Å². The third kappa shape index (κ3) is 4.44. The second kappa shape index (κ2) is 8.92. The molecule has 0 spiro atoms. The van der Waals surface area contributed by atoms with E-state index in [0.29, 0.717) is 22.6 Å². The molecule has 0 atom stereocenters. The fourth-order valence-corrected chi connectivity index (χ4v) is 5.04. The van der Waals surface area contributed by atoms with Crippen LogP contribution in [0.2, 0.25) is 0 Å². The molecule has 1 amide bonds. The average Bonchev–Trinajstić information content (AvgIpc) is 3.29. The van der Waals surface area contributed by atoms with Gasteiger partial charge in [-0.25, -0.2) is 18.4 Å². The van der Waals surface area contributed by atoms with Crippen molar-refractivity contribution in [2.45, 2.75) is 10.6 Å². The zero-order chi connectivity index (χ0) is 23.5. The van der Waals surface area contributed by atoms with Gasteiger partial charge < -0.3 is 5.32 Å². The van der Waals surface area contributed by atoms with Crippen molar-refractivity contribution < 1.29 is 13.2 Å². The third-order valence-corrected chi connectivity index (χ3v) is 7.06. The number of amides is 1. The topological polar surface area (TPSA) is 93.9 Å². The maximum absolute atomic E-state index is 12.8. The van der Waals surface area contributed by atoms with Gasteiger partial charge in [-0.05, 0) is 54.1 Å². The Hall–Kier alpha value is -4.30. The van der Waals surface area contributed by atoms with Gasteiger partial charge in [0.2, 0.25) is 0 Å². The zero-order valence-corrected chi connectivity index (χ0v) is 18.8. The standard InChI is InChI=1S/C26H20N4O3S/c31-26(20-8-6-7-19(15-20)17-34(32,33)22-9-2-1-3-10-22)29-21-13-14-25(27-16-21)30-18-28-23-11-4-5-12-24(23)30/h1-16,18H,17H2,(H,29,31). The van der Waals surface area contributed by atoms with Crippen LogP contribution in [0.5, 0.6) is 0 Å². The number of nitrogens with zero attached hydrogens (tertiary/aromatic N) is 3. The van der Waals surface area contributed by atoms with Crippen molar-refractivity contribution in [3.63, 3.8) is 0 Å². The second-order valence-electron chi connectivity index (χ2n) is 7.73. The number of pyridine rings is 1. The summed E-state index contributed by atoms with van der Waals surface area (Å²) < 4.78 is 27.2. The molecule has 3 aromatic carbocycles. The van der Waals surface area contributed by atoms with E-state index in [0.717, 1.165) is 11.0 Å². The molecule has 5 aromatic rings. The van der Waals surface area contributed by atoms with Crippen LogP contribution in [-0.4, -0.2) is 28.9 Å². The highest BCUT2D eigenvalue weighted by atomic mass is 32.2. The fraction of sp³-hybridized carbons (Fsp3) is 0.0385. The molecular weight excluding hydrogens is 448 g/mol. The Labute approximate surface area is 196 Å². The molecular formula is C26H20N4O3S. The van der Waals surface area contributed by atoms with Gasteiger partial charge in [-0.15, -0.1) is 0 Å². The van der Waals surface area contributed by atoms with Crippen molar-refractivity contribution in [3.8, 4) is 5.82 Å². The number of aromatic nitrogens is 3. The molecule has 0 saturated heterocycles. The van der Waals surface area contributed by atoms with Gasteiger partial charge in [-0.1, -0.05) is 42.5 Å². The van der Waals surface area contributed by atoms with Gasteiger partial charge in [0, 0.05) is 5.56 Å². The maximum atomic E-state index is 12.8. The summed E-state index contributed by atoms with van der Waals surface area (Å²) in [5.41, 5.74) is 3.24. The molecule has 2 heterocycles. The zero-order valence-electron chi connectivity index (χ0n) is 18.0. The van der Waals surface area contributed by atoms with Gasteiger partial charge in [-0.2, -0.15) is 0 Å². The van der Waals surface area contributed by atoms with Crippen molar-refractivity contribution in [2.24, 2.45) is 0 Å². The monoisotopic (exact) mass is 468 g/mol. The van der Waals surface area contributed by atoms with Crippen LogP contribution in [0.15, 0.2) is 108 Å². The van der Waals surface area contributed by atoms with Gasteiger partial charge in [0.25, 0.3) is 5.91 Å². The van der Waals surface area contributed by atoms with Gasteiger partial charge in [-0.3, -0.25) is 9.36 Å². The van der Waals surface area contributed by atoms with Crippen LogP contribution in [0.4, 0.5) is 5.69 Å². The molecule has 2 aromatic heterocycles. The highest BCUT2D eigenvalue weighted by molar-refractivity contribution is 7.90. The Morgan fingerprint density at radius 1 is 0.853 bits per heavy atom. The van der Waals surface area contributed by atoms with Crippen LogP contribution in [0.1, 0.15) is 15.9 Å². The third-order valence-electron chi connectivity index (χ3n) is 5.35. The summed E-state index contributed by atoms with van der Waals surface area (Å²) in [6, 6.07) is 26.2. The van der Waals surface area contributed by atoms with Crippen LogP contribution in [0.25, 0.3) is 16.9 Å². The van der Waals surface area contributed by atoms with E-state index in [1.54, 1.807) is 79.3 Å². The predicted octanol–water partition coefficient (Wildman–Crippen LogP) is 4.65. The number of para-hydroxylation sites is 2. The van der Waals surface area contributed by atoms with Gasteiger partial charge in [0.05, 0.1) is 33.6 Å². The smallest absolute Gasteiger partial charge is 0.255 e. The summed E-state index contributed by atoms with van der Waals surface area (Å²) in [6.07, 6.45) is 3.28. The second-order valence-corrected chi connectivity index (χ2v) is 9.72. The molecule has 0 unspecified atom stereocenters. The van der Waals surface area contributed by atoms with Crippen LogP contribution in [0.3, 0.4) is 0 Å². The number of rotatable bonds is 6. The molecule has 0 fully saturated rings. The maximum Gasteiger partial charge on any atom is 0.255 e. The van der Waals surface area contributed by atoms with Crippen molar-refractivity contribution in [1.29, 1.82) is 0 Å². The van der Waals surface area contributed by atoms with Gasteiger partial charge in [0.1, 0.15) is 12.1 Å². The minimum Gasteiger partial charge on any atom is -0.321 e. The predicted molar refractivity (Wildman–Crippen MR) is 131 cm³/mol. The first-order valence-electron chi connectivity index (χ1n) is 10.6. The molecule has 34 heavy (non-hydrogen) atoms. The van der Waals surface area contributed by atoms with Crippen LogP contribution in [0, 0.1) is 0 Å². The number of hydrogen-bond acceptors (Lipinski definition) is 5. The molecule has 0 saturated carbocycles. The number of carbonyl (C=O) groups is 1. The van der Waals surface area contributed by atoms with E-state index in [-0.39, 0.29) is 16.6 Å². The first kappa shape index (κ1) is 21.5. The number of carbonyl (C=O) groups excluding carboxylic acids is 1. The van der Waals surface area contributed by atoms with Crippen molar-refractivity contribution in [1.82, 2.24) is 14.5 Å². The normalized spacial score (nSPS) is 11.4. The lowest BCUT2D eigenvalue weighted by Gasteiger charge is -2.09. The number of sulfone groups is 1. The van der Waals surface area contributed by atoms with Crippen LogP contribution < -0.4 is 5.32 Å².